The van der Waals surface area contributed by atoms with Crippen LogP contribution in [0.25, 0.3) is 0 Å². The molecule has 0 aromatic carbocycles. The summed E-state index contributed by atoms with van der Waals surface area (Å²) in [5, 5.41) is 11.1. The van der Waals surface area contributed by atoms with Crippen LogP contribution in [0.2, 0.25) is 0 Å². The van der Waals surface area contributed by atoms with E-state index in [2.05, 4.69) is 53.6 Å². The van der Waals surface area contributed by atoms with E-state index in [1.54, 1.807) is 18.4 Å². The van der Waals surface area contributed by atoms with Gasteiger partial charge < -0.3 is 16.0 Å². The molecular weight excluding hydrogens is 397 g/mol. The second-order valence-corrected chi connectivity index (χ2v) is 6.80. The van der Waals surface area contributed by atoms with E-state index in [4.69, 9.17) is 0 Å². The maximum atomic E-state index is 4.38. The van der Waals surface area contributed by atoms with E-state index < -0.39 is 0 Å². The first-order valence-corrected chi connectivity index (χ1v) is 7.89. The Labute approximate surface area is 149 Å². The molecule has 21 heavy (non-hydrogen) atoms. The molecule has 0 aliphatic rings. The van der Waals surface area contributed by atoms with Gasteiger partial charge in [0.2, 0.25) is 0 Å². The van der Waals surface area contributed by atoms with E-state index in [1.165, 1.54) is 4.88 Å². The third-order valence-electron chi connectivity index (χ3n) is 2.65. The Balaban J connectivity index is 0.00000400. The number of hydrogen-bond acceptors (Lipinski definition) is 4. The Bertz CT molecular complexity index is 425. The lowest BCUT2D eigenvalue weighted by molar-refractivity contribution is 0.428. The monoisotopic (exact) mass is 425 g/mol. The van der Waals surface area contributed by atoms with Crippen molar-refractivity contribution in [2.24, 2.45) is 4.99 Å². The van der Waals surface area contributed by atoms with E-state index in [9.17, 15) is 0 Å². The largest absolute Gasteiger partial charge is 0.355 e. The van der Waals surface area contributed by atoms with Gasteiger partial charge in [0.15, 0.2) is 5.96 Å². The molecule has 0 aliphatic carbocycles. The average molecular weight is 425 g/mol. The zero-order chi connectivity index (χ0) is 15.0. The average Bonchev–Trinajstić information content (AvgIpc) is 2.84. The van der Waals surface area contributed by atoms with Crippen LogP contribution in [0.15, 0.2) is 11.2 Å². The molecule has 3 N–H and O–H groups in total. The first-order valence-electron chi connectivity index (χ1n) is 7.07. The van der Waals surface area contributed by atoms with Crippen LogP contribution in [0.1, 0.15) is 37.6 Å². The number of halogens is 1. The van der Waals surface area contributed by atoms with Gasteiger partial charge in [-0.25, -0.2) is 4.98 Å². The minimum Gasteiger partial charge on any atom is -0.355 e. The molecule has 0 fully saturated rings. The van der Waals surface area contributed by atoms with Crippen LogP contribution >= 0.6 is 35.3 Å². The SMILES string of the molecule is CCc1cnc(CNC(=NC)NCCNC(C)(C)C)s1.I. The molecule has 5 nitrogen and oxygen atoms in total. The predicted octanol–water partition coefficient (Wildman–Crippen LogP) is 2.38. The van der Waals surface area contributed by atoms with Crippen LogP contribution in [0.5, 0.6) is 0 Å². The molecule has 0 atom stereocenters. The number of aromatic nitrogens is 1. The van der Waals surface area contributed by atoms with E-state index in [0.717, 1.165) is 37.0 Å². The summed E-state index contributed by atoms with van der Waals surface area (Å²) in [4.78, 5) is 9.91. The highest BCUT2D eigenvalue weighted by molar-refractivity contribution is 14.0. The summed E-state index contributed by atoms with van der Waals surface area (Å²) in [5.41, 5.74) is 0.149. The fourth-order valence-corrected chi connectivity index (χ4v) is 2.39. The topological polar surface area (TPSA) is 61.3 Å². The van der Waals surface area contributed by atoms with Crippen molar-refractivity contribution in [2.45, 2.75) is 46.2 Å². The van der Waals surface area contributed by atoms with Gasteiger partial charge in [0.25, 0.3) is 0 Å². The Morgan fingerprint density at radius 3 is 2.52 bits per heavy atom. The standard InChI is InChI=1S/C14H27N5S.HI/c1-6-11-9-17-12(20-11)10-18-13(15-5)16-7-8-19-14(2,3)4;/h9,19H,6-8,10H2,1-5H3,(H2,15,16,18);1H. The van der Waals surface area contributed by atoms with E-state index >= 15 is 0 Å². The highest BCUT2D eigenvalue weighted by Gasteiger charge is 2.07. The number of aryl methyl sites for hydroxylation is 1. The molecule has 7 heteroatoms. The van der Waals surface area contributed by atoms with Crippen LogP contribution < -0.4 is 16.0 Å². The molecule has 0 bridgehead atoms. The molecule has 1 rings (SSSR count). The van der Waals surface area contributed by atoms with Crippen molar-refractivity contribution in [1.82, 2.24) is 20.9 Å². The van der Waals surface area contributed by atoms with Gasteiger partial charge in [0.05, 0.1) is 6.54 Å². The third-order valence-corrected chi connectivity index (χ3v) is 3.79. The molecule has 122 valence electrons. The van der Waals surface area contributed by atoms with E-state index in [-0.39, 0.29) is 29.5 Å². The number of rotatable bonds is 6. The van der Waals surface area contributed by atoms with E-state index in [0.29, 0.717) is 0 Å². The summed E-state index contributed by atoms with van der Waals surface area (Å²) >= 11 is 1.75. The third kappa shape index (κ3) is 9.26. The smallest absolute Gasteiger partial charge is 0.191 e. The Kier molecular flexibility index (Phi) is 10.1. The second kappa shape index (κ2) is 10.3. The Hall–Kier alpha value is -0.410. The minimum atomic E-state index is 0. The van der Waals surface area contributed by atoms with Crippen LogP contribution in [0.3, 0.4) is 0 Å². The van der Waals surface area contributed by atoms with Crippen molar-refractivity contribution >= 4 is 41.3 Å². The maximum Gasteiger partial charge on any atom is 0.191 e. The van der Waals surface area contributed by atoms with Crippen LogP contribution in [0, 0.1) is 0 Å². The summed E-state index contributed by atoms with van der Waals surface area (Å²) < 4.78 is 0. The molecular formula is C14H28IN5S. The van der Waals surface area contributed by atoms with Crippen LogP contribution in [-0.2, 0) is 13.0 Å². The number of aliphatic imine (C=N–C) groups is 1. The molecule has 0 aliphatic heterocycles. The summed E-state index contributed by atoms with van der Waals surface area (Å²) in [7, 11) is 1.78. The highest BCUT2D eigenvalue weighted by atomic mass is 127. The molecule has 0 unspecified atom stereocenters. The van der Waals surface area contributed by atoms with Crippen molar-refractivity contribution in [2.75, 3.05) is 20.1 Å². The van der Waals surface area contributed by atoms with Crippen LogP contribution in [-0.4, -0.2) is 36.6 Å². The highest BCUT2D eigenvalue weighted by Crippen LogP contribution is 2.12. The van der Waals surface area contributed by atoms with Gasteiger partial charge in [-0.15, -0.1) is 35.3 Å². The number of hydrogen-bond donors (Lipinski definition) is 3. The summed E-state index contributed by atoms with van der Waals surface area (Å²) in [6.07, 6.45) is 2.99. The van der Waals surface area contributed by atoms with Gasteiger partial charge in [0.1, 0.15) is 5.01 Å². The van der Waals surface area contributed by atoms with Crippen molar-refractivity contribution in [3.05, 3.63) is 16.1 Å². The number of guanidine groups is 1. The number of nitrogens with zero attached hydrogens (tertiary/aromatic N) is 2. The molecule has 1 heterocycles. The molecule has 0 radical (unpaired) electrons. The summed E-state index contributed by atoms with van der Waals surface area (Å²) in [6.45, 7) is 11.1. The summed E-state index contributed by atoms with van der Waals surface area (Å²) in [6, 6.07) is 0. The quantitative estimate of drug-likeness (QED) is 0.284. The van der Waals surface area contributed by atoms with Crippen molar-refractivity contribution < 1.29 is 0 Å². The zero-order valence-corrected chi connectivity index (χ0v) is 16.8. The fraction of sp³-hybridized carbons (Fsp3) is 0.714. The normalized spacial score (nSPS) is 12.0. The first-order chi connectivity index (χ1) is 9.44. The van der Waals surface area contributed by atoms with Gasteiger partial charge in [-0.1, -0.05) is 6.92 Å². The first kappa shape index (κ1) is 20.6. The molecule has 0 saturated heterocycles. The van der Waals surface area contributed by atoms with Crippen LogP contribution in [0.4, 0.5) is 0 Å². The second-order valence-electron chi connectivity index (χ2n) is 5.60. The molecule has 0 saturated carbocycles. The Morgan fingerprint density at radius 2 is 2.00 bits per heavy atom. The fourth-order valence-electron chi connectivity index (χ4n) is 1.59. The lowest BCUT2D eigenvalue weighted by Crippen LogP contribution is -2.44. The van der Waals surface area contributed by atoms with Gasteiger partial charge in [-0.05, 0) is 27.2 Å². The van der Waals surface area contributed by atoms with Gasteiger partial charge in [0, 0.05) is 36.8 Å². The lowest BCUT2D eigenvalue weighted by atomic mass is 10.1. The van der Waals surface area contributed by atoms with Crippen molar-refractivity contribution in [3.8, 4) is 0 Å². The summed E-state index contributed by atoms with van der Waals surface area (Å²) in [5.74, 6) is 0.814. The van der Waals surface area contributed by atoms with E-state index in [1.807, 2.05) is 6.20 Å². The molecule has 1 aromatic rings. The molecule has 0 amide bonds. The zero-order valence-electron chi connectivity index (χ0n) is 13.6. The molecule has 0 spiro atoms. The predicted molar refractivity (Wildman–Crippen MR) is 103 cm³/mol. The van der Waals surface area contributed by atoms with Gasteiger partial charge in [-0.2, -0.15) is 0 Å². The Morgan fingerprint density at radius 1 is 1.29 bits per heavy atom. The van der Waals surface area contributed by atoms with Gasteiger partial charge in [-0.3, -0.25) is 4.99 Å². The number of thiazole rings is 1. The van der Waals surface area contributed by atoms with Crippen molar-refractivity contribution in [3.63, 3.8) is 0 Å². The molecule has 1 aromatic heterocycles. The van der Waals surface area contributed by atoms with Gasteiger partial charge >= 0.3 is 0 Å². The maximum absolute atomic E-state index is 4.38. The number of nitrogens with one attached hydrogen (secondary N) is 3. The lowest BCUT2D eigenvalue weighted by Gasteiger charge is -2.21. The minimum absolute atomic E-state index is 0. The van der Waals surface area contributed by atoms with Crippen molar-refractivity contribution in [1.29, 1.82) is 0 Å².